The van der Waals surface area contributed by atoms with E-state index in [2.05, 4.69) is 133 Å². The molecule has 3 N–H and O–H groups in total. The molecule has 0 atom stereocenters. The molecule has 0 saturated heterocycles. The lowest BCUT2D eigenvalue weighted by Crippen LogP contribution is -2.12. The van der Waals surface area contributed by atoms with Crippen molar-refractivity contribution in [3.05, 3.63) is 170 Å². The summed E-state index contributed by atoms with van der Waals surface area (Å²) in [6, 6.07) is 48.5. The first-order chi connectivity index (χ1) is 23.6. The minimum atomic E-state index is -0.0392. The molecular weight excluding hydrogens is 663 g/mol. The summed E-state index contributed by atoms with van der Waals surface area (Å²) in [7, 11) is 0. The number of aliphatic hydroxyl groups is 1. The molecule has 0 spiro atoms. The third kappa shape index (κ3) is 5.25. The standard InChI is InChI=1S/C42H31NOS4/c43-42-30(40(36-21-26-9-1-5-13-32(26)45-36)37-22-27-10-2-6-14-33(27)46-37)19-25(17-18-44)20-31(42)41(38-23-28-11-3-7-15-34(28)47-38)39-24-29-12-4-8-16-35(29)48-39/h1-16,19-24,40-41,44H,17-18,43H2. The van der Waals surface area contributed by atoms with E-state index < -0.39 is 0 Å². The molecule has 6 heteroatoms. The van der Waals surface area contributed by atoms with E-state index in [1.54, 1.807) is 0 Å². The molecule has 5 aromatic carbocycles. The Kier molecular flexibility index (Phi) is 7.64. The summed E-state index contributed by atoms with van der Waals surface area (Å²) >= 11 is 7.41. The van der Waals surface area contributed by atoms with Crippen LogP contribution < -0.4 is 5.73 Å². The number of rotatable bonds is 8. The topological polar surface area (TPSA) is 46.2 Å². The molecule has 4 heterocycles. The number of aliphatic hydroxyl groups excluding tert-OH is 1. The number of benzene rings is 5. The van der Waals surface area contributed by atoms with Crippen molar-refractivity contribution in [3.8, 4) is 0 Å². The molecule has 2 nitrogen and oxygen atoms in total. The van der Waals surface area contributed by atoms with Gasteiger partial charge in [-0.1, -0.05) is 84.9 Å². The van der Waals surface area contributed by atoms with Crippen LogP contribution in [0.2, 0.25) is 0 Å². The molecule has 48 heavy (non-hydrogen) atoms. The van der Waals surface area contributed by atoms with Crippen molar-refractivity contribution < 1.29 is 5.11 Å². The number of nitrogen functional groups attached to an aromatic ring is 1. The minimum Gasteiger partial charge on any atom is -0.398 e. The van der Waals surface area contributed by atoms with Crippen molar-refractivity contribution in [1.29, 1.82) is 0 Å². The smallest absolute Gasteiger partial charge is 0.0549 e. The zero-order chi connectivity index (χ0) is 32.2. The van der Waals surface area contributed by atoms with Gasteiger partial charge in [0.2, 0.25) is 0 Å². The predicted octanol–water partition coefficient (Wildman–Crippen LogP) is 12.0. The van der Waals surface area contributed by atoms with Gasteiger partial charge in [-0.05, 0) is 93.2 Å². The van der Waals surface area contributed by atoms with E-state index in [1.807, 2.05) is 45.3 Å². The van der Waals surface area contributed by atoms with Crippen molar-refractivity contribution in [2.75, 3.05) is 12.3 Å². The molecule has 0 aliphatic rings. The largest absolute Gasteiger partial charge is 0.398 e. The van der Waals surface area contributed by atoms with E-state index in [1.165, 1.54) is 59.9 Å². The zero-order valence-corrected chi connectivity index (χ0v) is 29.2. The fourth-order valence-electron chi connectivity index (χ4n) is 6.99. The Hall–Kier alpha value is -4.30. The summed E-state index contributed by atoms with van der Waals surface area (Å²) < 4.78 is 5.10. The van der Waals surface area contributed by atoms with Crippen LogP contribution in [0.3, 0.4) is 0 Å². The third-order valence-electron chi connectivity index (χ3n) is 9.24. The highest BCUT2D eigenvalue weighted by atomic mass is 32.1. The molecule has 4 aromatic heterocycles. The van der Waals surface area contributed by atoms with E-state index in [-0.39, 0.29) is 18.4 Å². The molecule has 0 unspecified atom stereocenters. The summed E-state index contributed by atoms with van der Waals surface area (Å²) in [5, 5.41) is 15.3. The van der Waals surface area contributed by atoms with Crippen LogP contribution in [0.1, 0.15) is 48.0 Å². The number of hydrogen-bond donors (Lipinski definition) is 2. The van der Waals surface area contributed by atoms with E-state index in [0.29, 0.717) is 6.42 Å². The second-order valence-electron chi connectivity index (χ2n) is 12.3. The number of thiophene rings is 4. The Morgan fingerprint density at radius 3 is 1.06 bits per heavy atom. The molecule has 0 aliphatic carbocycles. The van der Waals surface area contributed by atoms with Crippen LogP contribution in [0, 0.1) is 0 Å². The Morgan fingerprint density at radius 1 is 0.458 bits per heavy atom. The van der Waals surface area contributed by atoms with Gasteiger partial charge in [-0.25, -0.2) is 0 Å². The van der Waals surface area contributed by atoms with Gasteiger partial charge in [0, 0.05) is 50.6 Å². The maximum Gasteiger partial charge on any atom is 0.0549 e. The number of anilines is 1. The van der Waals surface area contributed by atoms with Crippen LogP contribution in [0.4, 0.5) is 5.69 Å². The second-order valence-corrected chi connectivity index (χ2v) is 16.7. The fourth-order valence-corrected chi connectivity index (χ4v) is 11.9. The number of fused-ring (bicyclic) bond motifs is 4. The molecule has 0 amide bonds. The van der Waals surface area contributed by atoms with Gasteiger partial charge in [-0.3, -0.25) is 0 Å². The maximum absolute atomic E-state index is 10.3. The molecule has 9 rings (SSSR count). The Labute approximate surface area is 295 Å². The predicted molar refractivity (Wildman–Crippen MR) is 211 cm³/mol. The van der Waals surface area contributed by atoms with E-state index >= 15 is 0 Å². The first-order valence-electron chi connectivity index (χ1n) is 16.1. The van der Waals surface area contributed by atoms with Crippen LogP contribution in [-0.2, 0) is 6.42 Å². The van der Waals surface area contributed by atoms with Gasteiger partial charge in [0.25, 0.3) is 0 Å². The Balaban J connectivity index is 1.31. The van der Waals surface area contributed by atoms with E-state index in [0.717, 1.165) is 22.4 Å². The van der Waals surface area contributed by atoms with Crippen molar-refractivity contribution in [1.82, 2.24) is 0 Å². The monoisotopic (exact) mass is 693 g/mol. The fraction of sp³-hybridized carbons (Fsp3) is 0.0952. The SMILES string of the molecule is Nc1c(C(c2cc3ccccc3s2)c2cc3ccccc3s2)cc(CCO)cc1C(c1cc2ccccc2s1)c1cc2ccccc2s1. The van der Waals surface area contributed by atoms with Crippen molar-refractivity contribution in [2.24, 2.45) is 0 Å². The highest BCUT2D eigenvalue weighted by molar-refractivity contribution is 7.21. The lowest BCUT2D eigenvalue weighted by Gasteiger charge is -2.24. The average Bonchev–Trinajstić information content (AvgIpc) is 3.91. The van der Waals surface area contributed by atoms with Crippen molar-refractivity contribution in [3.63, 3.8) is 0 Å². The average molecular weight is 694 g/mol. The van der Waals surface area contributed by atoms with E-state index in [4.69, 9.17) is 5.73 Å². The minimum absolute atomic E-state index is 0.0392. The van der Waals surface area contributed by atoms with Crippen LogP contribution in [0.25, 0.3) is 40.3 Å². The van der Waals surface area contributed by atoms with Crippen LogP contribution in [-0.4, -0.2) is 11.7 Å². The van der Waals surface area contributed by atoms with Crippen molar-refractivity contribution >= 4 is 91.4 Å². The molecule has 0 bridgehead atoms. The summed E-state index contributed by atoms with van der Waals surface area (Å²) in [5.74, 6) is -0.0784. The highest BCUT2D eigenvalue weighted by Gasteiger charge is 2.30. The molecule has 9 aromatic rings. The second kappa shape index (κ2) is 12.3. The van der Waals surface area contributed by atoms with Gasteiger partial charge in [0.15, 0.2) is 0 Å². The Morgan fingerprint density at radius 2 is 0.771 bits per heavy atom. The Bertz CT molecular complexity index is 2130. The lowest BCUT2D eigenvalue weighted by atomic mass is 9.84. The molecule has 0 aliphatic heterocycles. The van der Waals surface area contributed by atoms with Gasteiger partial charge < -0.3 is 10.8 Å². The van der Waals surface area contributed by atoms with E-state index in [9.17, 15) is 5.11 Å². The molecular formula is C42H31NOS4. The van der Waals surface area contributed by atoms with Crippen LogP contribution in [0.15, 0.2) is 133 Å². The van der Waals surface area contributed by atoms with Gasteiger partial charge in [-0.15, -0.1) is 45.3 Å². The third-order valence-corrected chi connectivity index (χ3v) is 14.0. The maximum atomic E-state index is 10.3. The van der Waals surface area contributed by atoms with Crippen LogP contribution in [0.5, 0.6) is 0 Å². The lowest BCUT2D eigenvalue weighted by molar-refractivity contribution is 0.299. The first kappa shape index (κ1) is 29.8. The van der Waals surface area contributed by atoms with Gasteiger partial charge in [-0.2, -0.15) is 0 Å². The van der Waals surface area contributed by atoms with Gasteiger partial charge >= 0.3 is 0 Å². The summed E-state index contributed by atoms with van der Waals surface area (Å²) in [6.07, 6.45) is 0.567. The van der Waals surface area contributed by atoms with Gasteiger partial charge in [0.05, 0.1) is 11.8 Å². The number of nitrogens with two attached hydrogens (primary N) is 1. The normalized spacial score (nSPS) is 12.1. The molecule has 0 radical (unpaired) electrons. The zero-order valence-electron chi connectivity index (χ0n) is 25.9. The molecule has 0 fully saturated rings. The molecule has 234 valence electrons. The van der Waals surface area contributed by atoms with Crippen LogP contribution >= 0.6 is 45.3 Å². The molecule has 0 saturated carbocycles. The highest BCUT2D eigenvalue weighted by Crippen LogP contribution is 2.50. The summed E-state index contributed by atoms with van der Waals surface area (Å²) in [5.41, 5.74) is 11.7. The van der Waals surface area contributed by atoms with Gasteiger partial charge in [0.1, 0.15) is 0 Å². The number of hydrogen-bond acceptors (Lipinski definition) is 6. The first-order valence-corrected chi connectivity index (χ1v) is 19.4. The summed E-state index contributed by atoms with van der Waals surface area (Å²) in [4.78, 5) is 5.12. The van der Waals surface area contributed by atoms with Crippen molar-refractivity contribution in [2.45, 2.75) is 18.3 Å². The summed E-state index contributed by atoms with van der Waals surface area (Å²) in [6.45, 7) is 0.0790. The quantitative estimate of drug-likeness (QED) is 0.156.